The van der Waals surface area contributed by atoms with E-state index in [1.165, 1.54) is 18.9 Å². The summed E-state index contributed by atoms with van der Waals surface area (Å²) >= 11 is 0. The molecule has 0 fully saturated rings. The lowest BCUT2D eigenvalue weighted by Gasteiger charge is -2.06. The molecule has 0 radical (unpaired) electrons. The third-order valence-corrected chi connectivity index (χ3v) is 5.55. The van der Waals surface area contributed by atoms with Gasteiger partial charge >= 0.3 is 17.9 Å². The first-order chi connectivity index (χ1) is 17.5. The van der Waals surface area contributed by atoms with Crippen molar-refractivity contribution in [2.24, 2.45) is 0 Å². The van der Waals surface area contributed by atoms with E-state index in [2.05, 4.69) is 13.8 Å². The van der Waals surface area contributed by atoms with Crippen molar-refractivity contribution >= 4 is 24.0 Å². The van der Waals surface area contributed by atoms with Crippen molar-refractivity contribution in [2.45, 2.75) is 78.1 Å². The number of carbonyl (C=O) groups is 3. The van der Waals surface area contributed by atoms with Crippen LogP contribution in [-0.4, -0.2) is 24.5 Å². The third-order valence-electron chi connectivity index (χ3n) is 5.55. The Morgan fingerprint density at radius 2 is 1.28 bits per heavy atom. The van der Waals surface area contributed by atoms with Crippen LogP contribution in [0.3, 0.4) is 0 Å². The molecule has 0 unspecified atom stereocenters. The van der Waals surface area contributed by atoms with Crippen molar-refractivity contribution in [1.29, 1.82) is 0 Å². The number of ether oxygens (including phenoxy) is 3. The van der Waals surface area contributed by atoms with Gasteiger partial charge in [0.1, 0.15) is 11.5 Å². The summed E-state index contributed by atoms with van der Waals surface area (Å²) in [5.74, 6) is -0.380. The fourth-order valence-corrected chi connectivity index (χ4v) is 3.45. The Morgan fingerprint density at radius 3 is 1.92 bits per heavy atom. The lowest BCUT2D eigenvalue weighted by Crippen LogP contribution is -2.08. The van der Waals surface area contributed by atoms with Gasteiger partial charge in [-0.05, 0) is 60.9 Å². The number of benzene rings is 2. The highest BCUT2D eigenvalue weighted by molar-refractivity contribution is 5.91. The van der Waals surface area contributed by atoms with Gasteiger partial charge in [-0.1, -0.05) is 70.9 Å². The Labute approximate surface area is 214 Å². The molecule has 0 aliphatic heterocycles. The van der Waals surface area contributed by atoms with Crippen LogP contribution in [-0.2, 0) is 14.3 Å². The van der Waals surface area contributed by atoms with Crippen LogP contribution in [0.25, 0.3) is 6.08 Å². The van der Waals surface area contributed by atoms with Crippen LogP contribution < -0.4 is 9.47 Å². The second-order valence-corrected chi connectivity index (χ2v) is 8.68. The molecular weight excluding hydrogens is 456 g/mol. The highest BCUT2D eigenvalue weighted by Gasteiger charge is 2.08. The van der Waals surface area contributed by atoms with E-state index < -0.39 is 5.97 Å². The SMILES string of the molecule is CCCCCCCOC(=O)c1ccc(C=CC(=O)Oc2ccc(OC(=O)CCCCCC)cc2)cc1. The molecule has 36 heavy (non-hydrogen) atoms. The number of rotatable bonds is 16. The molecule has 0 amide bonds. The lowest BCUT2D eigenvalue weighted by atomic mass is 10.1. The molecule has 0 saturated carbocycles. The van der Waals surface area contributed by atoms with Crippen LogP contribution in [0.15, 0.2) is 54.6 Å². The summed E-state index contributed by atoms with van der Waals surface area (Å²) in [6.45, 7) is 4.72. The minimum absolute atomic E-state index is 0.263. The summed E-state index contributed by atoms with van der Waals surface area (Å²) < 4.78 is 15.9. The molecule has 0 saturated heterocycles. The van der Waals surface area contributed by atoms with Crippen LogP contribution >= 0.6 is 0 Å². The summed E-state index contributed by atoms with van der Waals surface area (Å²) in [5, 5.41) is 0. The quantitative estimate of drug-likeness (QED) is 0.105. The molecule has 0 N–H and O–H groups in total. The molecular formula is C30H38O6. The third kappa shape index (κ3) is 11.8. The molecule has 2 rings (SSSR count). The van der Waals surface area contributed by atoms with Gasteiger partial charge in [0.2, 0.25) is 0 Å². The first-order valence-electron chi connectivity index (χ1n) is 13.0. The second kappa shape index (κ2) is 17.1. The number of hydrogen-bond acceptors (Lipinski definition) is 6. The zero-order chi connectivity index (χ0) is 26.0. The van der Waals surface area contributed by atoms with E-state index in [1.54, 1.807) is 54.6 Å². The van der Waals surface area contributed by atoms with E-state index in [-0.39, 0.29) is 11.9 Å². The molecule has 6 heteroatoms. The van der Waals surface area contributed by atoms with Gasteiger partial charge < -0.3 is 14.2 Å². The molecule has 0 aliphatic rings. The molecule has 0 aromatic heterocycles. The summed E-state index contributed by atoms with van der Waals surface area (Å²) in [6, 6.07) is 13.2. The molecule has 0 heterocycles. The minimum Gasteiger partial charge on any atom is -0.462 e. The van der Waals surface area contributed by atoms with Gasteiger partial charge in [-0.15, -0.1) is 0 Å². The Hall–Kier alpha value is -3.41. The standard InChI is InChI=1S/C30H38O6/c1-3-5-7-9-11-23-34-30(33)25-16-13-24(14-17-25)15-22-29(32)36-27-20-18-26(19-21-27)35-28(31)12-10-8-6-4-2/h13-22H,3-12,23H2,1-2H3. The molecule has 0 spiro atoms. The number of hydrogen-bond donors (Lipinski definition) is 0. The largest absolute Gasteiger partial charge is 0.462 e. The fourth-order valence-electron chi connectivity index (χ4n) is 3.45. The van der Waals surface area contributed by atoms with Gasteiger partial charge in [-0.3, -0.25) is 4.79 Å². The van der Waals surface area contributed by atoms with Gasteiger partial charge in [0.05, 0.1) is 12.2 Å². The molecule has 0 aliphatic carbocycles. The van der Waals surface area contributed by atoms with Gasteiger partial charge in [0, 0.05) is 12.5 Å². The smallest absolute Gasteiger partial charge is 0.338 e. The van der Waals surface area contributed by atoms with E-state index in [1.807, 2.05) is 0 Å². The predicted molar refractivity (Wildman–Crippen MR) is 141 cm³/mol. The average Bonchev–Trinajstić information content (AvgIpc) is 2.89. The summed E-state index contributed by atoms with van der Waals surface area (Å²) in [4.78, 5) is 36.1. The van der Waals surface area contributed by atoms with Crippen molar-refractivity contribution in [1.82, 2.24) is 0 Å². The summed E-state index contributed by atoms with van der Waals surface area (Å²) in [6.07, 6.45) is 12.9. The Bertz CT molecular complexity index is 960. The van der Waals surface area contributed by atoms with Crippen LogP contribution in [0.5, 0.6) is 11.5 Å². The summed E-state index contributed by atoms with van der Waals surface area (Å²) in [7, 11) is 0. The van der Waals surface area contributed by atoms with E-state index in [0.717, 1.165) is 50.5 Å². The zero-order valence-electron chi connectivity index (χ0n) is 21.5. The zero-order valence-corrected chi connectivity index (χ0v) is 21.5. The van der Waals surface area contributed by atoms with Crippen molar-refractivity contribution in [3.05, 3.63) is 65.7 Å². The normalized spacial score (nSPS) is 10.8. The van der Waals surface area contributed by atoms with E-state index in [0.29, 0.717) is 30.1 Å². The Morgan fingerprint density at radius 1 is 0.694 bits per heavy atom. The van der Waals surface area contributed by atoms with Gasteiger partial charge in [-0.2, -0.15) is 0 Å². The van der Waals surface area contributed by atoms with Crippen molar-refractivity contribution in [3.63, 3.8) is 0 Å². The predicted octanol–water partition coefficient (Wildman–Crippen LogP) is 7.31. The second-order valence-electron chi connectivity index (χ2n) is 8.68. The number of carbonyl (C=O) groups excluding carboxylic acids is 3. The van der Waals surface area contributed by atoms with Crippen LogP contribution in [0, 0.1) is 0 Å². The highest BCUT2D eigenvalue weighted by atomic mass is 16.5. The van der Waals surface area contributed by atoms with E-state index >= 15 is 0 Å². The molecule has 2 aromatic carbocycles. The number of unbranched alkanes of at least 4 members (excludes halogenated alkanes) is 7. The van der Waals surface area contributed by atoms with Crippen LogP contribution in [0.4, 0.5) is 0 Å². The molecule has 2 aromatic rings. The van der Waals surface area contributed by atoms with Gasteiger partial charge in [-0.25, -0.2) is 9.59 Å². The van der Waals surface area contributed by atoms with E-state index in [4.69, 9.17) is 14.2 Å². The highest BCUT2D eigenvalue weighted by Crippen LogP contribution is 2.19. The summed E-state index contributed by atoms with van der Waals surface area (Å²) in [5.41, 5.74) is 1.23. The molecule has 0 bridgehead atoms. The van der Waals surface area contributed by atoms with E-state index in [9.17, 15) is 14.4 Å². The molecule has 0 atom stereocenters. The lowest BCUT2D eigenvalue weighted by molar-refractivity contribution is -0.134. The van der Waals surface area contributed by atoms with Crippen LogP contribution in [0.1, 0.15) is 94.0 Å². The van der Waals surface area contributed by atoms with Crippen molar-refractivity contribution in [3.8, 4) is 11.5 Å². The maximum absolute atomic E-state index is 12.1. The maximum Gasteiger partial charge on any atom is 0.338 e. The monoisotopic (exact) mass is 494 g/mol. The fraction of sp³-hybridized carbons (Fsp3) is 0.433. The molecule has 194 valence electrons. The van der Waals surface area contributed by atoms with Gasteiger partial charge in [0.25, 0.3) is 0 Å². The van der Waals surface area contributed by atoms with Crippen molar-refractivity contribution in [2.75, 3.05) is 6.61 Å². The first kappa shape index (κ1) is 28.8. The van der Waals surface area contributed by atoms with Gasteiger partial charge in [0.15, 0.2) is 0 Å². The minimum atomic E-state index is -0.540. The molecule has 6 nitrogen and oxygen atoms in total. The maximum atomic E-state index is 12.1. The number of esters is 3. The Kier molecular flexibility index (Phi) is 13.7. The topological polar surface area (TPSA) is 78.9 Å². The Balaban J connectivity index is 1.74. The first-order valence-corrected chi connectivity index (χ1v) is 13.0. The average molecular weight is 495 g/mol. The van der Waals surface area contributed by atoms with Crippen molar-refractivity contribution < 1.29 is 28.6 Å². The van der Waals surface area contributed by atoms with Crippen LogP contribution in [0.2, 0.25) is 0 Å².